The monoisotopic (exact) mass is 654 g/mol. The van der Waals surface area contributed by atoms with Crippen LogP contribution in [0.15, 0.2) is 122 Å². The Morgan fingerprint density at radius 3 is 2.00 bits per heavy atom. The second-order valence-corrected chi connectivity index (χ2v) is 10.7. The van der Waals surface area contributed by atoms with Gasteiger partial charge in [0.05, 0.1) is 5.82 Å². The molecule has 3 aromatic carbocycles. The van der Waals surface area contributed by atoms with Crippen LogP contribution in [0.2, 0.25) is 0 Å². The third kappa shape index (κ3) is 6.15. The molecule has 0 aliphatic carbocycles. The Labute approximate surface area is 267 Å². The van der Waals surface area contributed by atoms with Crippen LogP contribution in [-0.4, -0.2) is 26.6 Å². The molecular formula is C36H32N6Pd. The van der Waals surface area contributed by atoms with E-state index in [9.17, 15) is 0 Å². The number of pyridine rings is 2. The fourth-order valence-corrected chi connectivity index (χ4v) is 5.06. The summed E-state index contributed by atoms with van der Waals surface area (Å²) >= 11 is 0. The van der Waals surface area contributed by atoms with Crippen molar-refractivity contribution in [3.8, 4) is 11.4 Å². The van der Waals surface area contributed by atoms with Crippen LogP contribution in [-0.2, 0) is 32.9 Å². The van der Waals surface area contributed by atoms with Crippen molar-refractivity contribution in [2.24, 2.45) is 7.05 Å². The number of hydrogen-bond acceptors (Lipinski definition) is 5. The molecule has 0 atom stereocenters. The topological polar surface area (TPSA) is 50.1 Å². The van der Waals surface area contributed by atoms with Crippen molar-refractivity contribution < 1.29 is 20.4 Å². The summed E-state index contributed by atoms with van der Waals surface area (Å²) in [7, 11) is 4.01. The average Bonchev–Trinajstić information content (AvgIpc) is 3.48. The third-order valence-corrected chi connectivity index (χ3v) is 7.57. The van der Waals surface area contributed by atoms with Crippen LogP contribution >= 0.6 is 0 Å². The zero-order valence-electron chi connectivity index (χ0n) is 24.5. The van der Waals surface area contributed by atoms with E-state index in [-0.39, 0.29) is 20.4 Å². The number of hydrogen-bond donors (Lipinski definition) is 0. The summed E-state index contributed by atoms with van der Waals surface area (Å²) in [5.74, 6) is 1.67. The number of nitrogens with zero attached hydrogens (tertiary/aromatic N) is 6. The van der Waals surface area contributed by atoms with Gasteiger partial charge in [0.15, 0.2) is 0 Å². The van der Waals surface area contributed by atoms with E-state index >= 15 is 0 Å². The summed E-state index contributed by atoms with van der Waals surface area (Å²) in [6.07, 6.45) is 9.24. The molecular weight excluding hydrogens is 623 g/mol. The van der Waals surface area contributed by atoms with Gasteiger partial charge < -0.3 is 19.4 Å². The fraction of sp³-hybridized carbons (Fsp3) is 0.139. The van der Waals surface area contributed by atoms with Crippen molar-refractivity contribution in [1.82, 2.24) is 19.5 Å². The number of benzene rings is 3. The van der Waals surface area contributed by atoms with Crippen molar-refractivity contribution in [2.45, 2.75) is 19.3 Å². The van der Waals surface area contributed by atoms with E-state index in [0.29, 0.717) is 0 Å². The van der Waals surface area contributed by atoms with Crippen molar-refractivity contribution >= 4 is 28.6 Å². The fourth-order valence-electron chi connectivity index (χ4n) is 5.06. The molecule has 0 amide bonds. The molecule has 6 nitrogen and oxygen atoms in total. The number of rotatable bonds is 8. The van der Waals surface area contributed by atoms with Crippen LogP contribution in [0, 0.1) is 12.1 Å². The van der Waals surface area contributed by atoms with E-state index in [0.717, 1.165) is 51.1 Å². The Kier molecular flexibility index (Phi) is 8.87. The first kappa shape index (κ1) is 29.9. The van der Waals surface area contributed by atoms with Crippen LogP contribution in [0.25, 0.3) is 11.4 Å². The van der Waals surface area contributed by atoms with Crippen LogP contribution < -0.4 is 9.80 Å². The van der Waals surface area contributed by atoms with Crippen molar-refractivity contribution in [3.05, 3.63) is 145 Å². The van der Waals surface area contributed by atoms with E-state index in [1.165, 1.54) is 0 Å². The van der Waals surface area contributed by atoms with Crippen molar-refractivity contribution in [3.63, 3.8) is 0 Å². The predicted molar refractivity (Wildman–Crippen MR) is 170 cm³/mol. The molecule has 216 valence electrons. The van der Waals surface area contributed by atoms with Crippen molar-refractivity contribution in [2.75, 3.05) is 16.8 Å². The predicted octanol–water partition coefficient (Wildman–Crippen LogP) is 8.04. The van der Waals surface area contributed by atoms with E-state index < -0.39 is 5.41 Å². The van der Waals surface area contributed by atoms with Crippen LogP contribution in [0.1, 0.15) is 25.0 Å². The molecule has 43 heavy (non-hydrogen) atoms. The summed E-state index contributed by atoms with van der Waals surface area (Å²) in [5.41, 5.74) is 6.37. The van der Waals surface area contributed by atoms with Gasteiger partial charge in [0.25, 0.3) is 0 Å². The maximum atomic E-state index is 4.61. The van der Waals surface area contributed by atoms with E-state index in [4.69, 9.17) is 0 Å². The van der Waals surface area contributed by atoms with E-state index in [1.54, 1.807) is 6.20 Å². The molecule has 0 bridgehead atoms. The minimum atomic E-state index is -0.483. The Balaban J connectivity index is 0.00000368. The average molecular weight is 655 g/mol. The standard InChI is InChI=1S/C36H32N6.Pd/c1-36(2,29-21-27(25-37-26-29)35-39-19-20-40(35)3)28-22-32(41(4)34-17-11-12-18-38-34)24-33(23-28)42(30-13-7-5-8-14-30)31-15-9-6-10-16-31;/h5-20,23-26H,1-4H3;/q-2;+2. The third-order valence-electron chi connectivity index (χ3n) is 7.57. The zero-order valence-corrected chi connectivity index (χ0v) is 26.1. The van der Waals surface area contributed by atoms with Gasteiger partial charge in [-0.05, 0) is 41.8 Å². The Morgan fingerprint density at radius 2 is 1.40 bits per heavy atom. The summed E-state index contributed by atoms with van der Waals surface area (Å²) < 4.78 is 1.98. The van der Waals surface area contributed by atoms with Gasteiger partial charge in [-0.15, -0.1) is 29.3 Å². The molecule has 0 fully saturated rings. The molecule has 6 aromatic rings. The maximum Gasteiger partial charge on any atom is 2.00 e. The Hall–Kier alpha value is -4.57. The normalized spacial score (nSPS) is 11.1. The summed E-state index contributed by atoms with van der Waals surface area (Å²) in [6, 6.07) is 38.5. The molecule has 7 heteroatoms. The molecule has 0 aliphatic rings. The minimum absolute atomic E-state index is 0. The number of aryl methyl sites for hydroxylation is 1. The minimum Gasteiger partial charge on any atom is -0.373 e. The summed E-state index contributed by atoms with van der Waals surface area (Å²) in [5, 5.41) is 0. The quantitative estimate of drug-likeness (QED) is 0.123. The van der Waals surface area contributed by atoms with E-state index in [1.807, 2.05) is 73.8 Å². The van der Waals surface area contributed by atoms with Crippen LogP contribution in [0.3, 0.4) is 0 Å². The second-order valence-electron chi connectivity index (χ2n) is 10.7. The van der Waals surface area contributed by atoms with Crippen LogP contribution in [0.5, 0.6) is 0 Å². The van der Waals surface area contributed by atoms with Gasteiger partial charge in [-0.1, -0.05) is 85.6 Å². The first-order chi connectivity index (χ1) is 20.4. The summed E-state index contributed by atoms with van der Waals surface area (Å²) in [6.45, 7) is 4.39. The first-order valence-corrected chi connectivity index (χ1v) is 13.9. The maximum absolute atomic E-state index is 4.61. The molecule has 0 saturated heterocycles. The Morgan fingerprint density at radius 1 is 0.721 bits per heavy atom. The molecule has 0 aliphatic heterocycles. The Bertz CT molecular complexity index is 1750. The second kappa shape index (κ2) is 12.7. The molecule has 0 spiro atoms. The van der Waals surface area contributed by atoms with E-state index in [2.05, 4.69) is 111 Å². The number of para-hydroxylation sites is 2. The molecule has 0 N–H and O–H groups in total. The molecule has 0 radical (unpaired) electrons. The zero-order chi connectivity index (χ0) is 29.1. The van der Waals surface area contributed by atoms with Crippen LogP contribution in [0.4, 0.5) is 28.6 Å². The van der Waals surface area contributed by atoms with Gasteiger partial charge in [-0.25, -0.2) is 4.98 Å². The molecule has 3 aromatic heterocycles. The summed E-state index contributed by atoms with van der Waals surface area (Å²) in [4.78, 5) is 18.1. The van der Waals surface area contributed by atoms with Gasteiger partial charge in [0, 0.05) is 44.1 Å². The van der Waals surface area contributed by atoms with Gasteiger partial charge in [0.1, 0.15) is 5.82 Å². The van der Waals surface area contributed by atoms with Crippen molar-refractivity contribution in [1.29, 1.82) is 0 Å². The van der Waals surface area contributed by atoms with Gasteiger partial charge >= 0.3 is 20.4 Å². The SMILES string of the molecule is CN(c1[c-]c(C(C)(C)c2[c-]c(-c3nccn3C)cnc2)cc(N(c2ccccc2)c2ccccc2)c1)c1ccccn1.[Pd+2]. The first-order valence-electron chi connectivity index (χ1n) is 13.9. The van der Waals surface area contributed by atoms with Gasteiger partial charge in [-0.3, -0.25) is 4.98 Å². The number of anilines is 5. The largest absolute Gasteiger partial charge is 2.00 e. The number of imidazole rings is 1. The van der Waals surface area contributed by atoms with Gasteiger partial charge in [0.2, 0.25) is 0 Å². The molecule has 0 saturated carbocycles. The molecule has 3 heterocycles. The number of aromatic nitrogens is 4. The molecule has 0 unspecified atom stereocenters. The van der Waals surface area contributed by atoms with Gasteiger partial charge in [-0.2, -0.15) is 6.07 Å². The smallest absolute Gasteiger partial charge is 0.373 e. The molecule has 6 rings (SSSR count).